The Bertz CT molecular complexity index is 156. The summed E-state index contributed by atoms with van der Waals surface area (Å²) in [7, 11) is -2.75. The highest BCUT2D eigenvalue weighted by molar-refractivity contribution is 7.53. The summed E-state index contributed by atoms with van der Waals surface area (Å²) < 4.78 is 21.9. The summed E-state index contributed by atoms with van der Waals surface area (Å²) in [5, 5.41) is 0. The summed E-state index contributed by atoms with van der Waals surface area (Å²) in [6.45, 7) is 8.63. The van der Waals surface area contributed by atoms with Gasteiger partial charge in [0.1, 0.15) is 0 Å². The van der Waals surface area contributed by atoms with Crippen molar-refractivity contribution in [2.75, 3.05) is 19.4 Å². The molecule has 0 radical (unpaired) electrons. The van der Waals surface area contributed by atoms with Crippen molar-refractivity contribution in [3.05, 3.63) is 0 Å². The van der Waals surface area contributed by atoms with Crippen LogP contribution in [-0.4, -0.2) is 19.4 Å². The molecule has 0 heterocycles. The second-order valence-electron chi connectivity index (χ2n) is 3.03. The predicted octanol–water partition coefficient (Wildman–Crippen LogP) is 2.91. The van der Waals surface area contributed by atoms with E-state index in [9.17, 15) is 4.57 Å². The molecule has 0 aromatic rings. The summed E-state index contributed by atoms with van der Waals surface area (Å²) in [5.74, 6) is 0.394. The summed E-state index contributed by atoms with van der Waals surface area (Å²) in [4.78, 5) is 0. The zero-order valence-electron chi connectivity index (χ0n) is 8.37. The van der Waals surface area contributed by atoms with Crippen LogP contribution in [0.3, 0.4) is 0 Å². The normalized spacial score (nSPS) is 16.4. The van der Waals surface area contributed by atoms with Crippen LogP contribution in [0.1, 0.15) is 27.7 Å². The van der Waals surface area contributed by atoms with Crippen LogP contribution >= 0.6 is 7.60 Å². The molecular formula is C8H19O3P. The van der Waals surface area contributed by atoms with Gasteiger partial charge in [0.05, 0.1) is 13.2 Å². The van der Waals surface area contributed by atoms with E-state index in [1.165, 1.54) is 0 Å². The highest BCUT2D eigenvalue weighted by atomic mass is 31.2. The molecule has 0 fully saturated rings. The zero-order chi connectivity index (χ0) is 9.61. The largest absolute Gasteiger partial charge is 0.330 e. The van der Waals surface area contributed by atoms with Gasteiger partial charge in [-0.1, -0.05) is 20.8 Å². The lowest BCUT2D eigenvalue weighted by Gasteiger charge is -2.16. The standard InChI is InChI=1S/C8H19O3P/c1-5-10-12(9,6-2)11-7-8(3)4/h8H,5-7H2,1-4H3. The smallest absolute Gasteiger partial charge is 0.309 e. The van der Waals surface area contributed by atoms with Gasteiger partial charge in [-0.15, -0.1) is 0 Å². The summed E-state index contributed by atoms with van der Waals surface area (Å²) in [5.41, 5.74) is 0. The Balaban J connectivity index is 3.88. The maximum absolute atomic E-state index is 11.6. The third-order valence-corrected chi connectivity index (χ3v) is 3.29. The van der Waals surface area contributed by atoms with Crippen LogP contribution in [0.25, 0.3) is 0 Å². The summed E-state index contributed by atoms with van der Waals surface area (Å²) in [6.07, 6.45) is 0.452. The van der Waals surface area contributed by atoms with E-state index in [1.807, 2.05) is 27.7 Å². The van der Waals surface area contributed by atoms with Gasteiger partial charge in [-0.25, -0.2) is 0 Å². The average Bonchev–Trinajstić information content (AvgIpc) is 2.02. The minimum atomic E-state index is -2.75. The minimum Gasteiger partial charge on any atom is -0.309 e. The number of hydrogen-bond donors (Lipinski definition) is 0. The van der Waals surface area contributed by atoms with Crippen molar-refractivity contribution in [3.63, 3.8) is 0 Å². The van der Waals surface area contributed by atoms with Gasteiger partial charge in [-0.3, -0.25) is 4.57 Å². The number of rotatable bonds is 6. The molecule has 1 atom stereocenters. The molecule has 74 valence electrons. The Hall–Kier alpha value is 0.150. The summed E-state index contributed by atoms with van der Waals surface area (Å²) in [6, 6.07) is 0. The molecule has 0 aliphatic rings. The number of hydrogen-bond acceptors (Lipinski definition) is 3. The van der Waals surface area contributed by atoms with Crippen LogP contribution in [0.15, 0.2) is 0 Å². The van der Waals surface area contributed by atoms with Gasteiger partial charge in [0, 0.05) is 6.16 Å². The van der Waals surface area contributed by atoms with Gasteiger partial charge >= 0.3 is 7.60 Å². The van der Waals surface area contributed by atoms with Crippen molar-refractivity contribution in [2.45, 2.75) is 27.7 Å². The lowest BCUT2D eigenvalue weighted by Crippen LogP contribution is -2.04. The van der Waals surface area contributed by atoms with Gasteiger partial charge in [0.2, 0.25) is 0 Å². The van der Waals surface area contributed by atoms with E-state index in [-0.39, 0.29) is 0 Å². The van der Waals surface area contributed by atoms with E-state index < -0.39 is 7.60 Å². The third kappa shape index (κ3) is 4.91. The molecule has 0 aromatic heterocycles. The first-order valence-electron chi connectivity index (χ1n) is 4.42. The van der Waals surface area contributed by atoms with Crippen LogP contribution in [0.2, 0.25) is 0 Å². The maximum Gasteiger partial charge on any atom is 0.330 e. The molecule has 0 bridgehead atoms. The van der Waals surface area contributed by atoms with Gasteiger partial charge in [-0.05, 0) is 12.8 Å². The monoisotopic (exact) mass is 194 g/mol. The zero-order valence-corrected chi connectivity index (χ0v) is 9.27. The maximum atomic E-state index is 11.6. The molecule has 0 amide bonds. The fraction of sp³-hybridized carbons (Fsp3) is 1.00. The van der Waals surface area contributed by atoms with Crippen LogP contribution in [0.5, 0.6) is 0 Å². The van der Waals surface area contributed by atoms with Crippen LogP contribution in [0.4, 0.5) is 0 Å². The van der Waals surface area contributed by atoms with E-state index >= 15 is 0 Å². The van der Waals surface area contributed by atoms with E-state index in [1.54, 1.807) is 0 Å². The summed E-state index contributed by atoms with van der Waals surface area (Å²) >= 11 is 0. The van der Waals surface area contributed by atoms with Gasteiger partial charge in [-0.2, -0.15) is 0 Å². The Morgan fingerprint density at radius 2 is 1.83 bits per heavy atom. The molecule has 3 nitrogen and oxygen atoms in total. The van der Waals surface area contributed by atoms with Crippen molar-refractivity contribution < 1.29 is 13.6 Å². The predicted molar refractivity (Wildman–Crippen MR) is 50.6 cm³/mol. The second-order valence-corrected chi connectivity index (χ2v) is 5.41. The van der Waals surface area contributed by atoms with Gasteiger partial charge < -0.3 is 9.05 Å². The van der Waals surface area contributed by atoms with Crippen molar-refractivity contribution in [3.8, 4) is 0 Å². The fourth-order valence-corrected chi connectivity index (χ4v) is 2.04. The minimum absolute atomic E-state index is 0.394. The van der Waals surface area contributed by atoms with Crippen LogP contribution < -0.4 is 0 Å². The van der Waals surface area contributed by atoms with Gasteiger partial charge in [0.15, 0.2) is 0 Å². The first kappa shape index (κ1) is 12.2. The molecule has 12 heavy (non-hydrogen) atoms. The Morgan fingerprint density at radius 1 is 1.25 bits per heavy atom. The molecule has 0 rings (SSSR count). The molecule has 0 aromatic carbocycles. The van der Waals surface area contributed by atoms with E-state index in [0.29, 0.717) is 25.3 Å². The molecule has 0 spiro atoms. The first-order chi connectivity index (χ1) is 5.54. The van der Waals surface area contributed by atoms with E-state index in [4.69, 9.17) is 9.05 Å². The average molecular weight is 194 g/mol. The van der Waals surface area contributed by atoms with Crippen molar-refractivity contribution in [1.29, 1.82) is 0 Å². The van der Waals surface area contributed by atoms with Crippen molar-refractivity contribution in [1.82, 2.24) is 0 Å². The Labute approximate surface area is 75.0 Å². The third-order valence-electron chi connectivity index (χ3n) is 1.32. The van der Waals surface area contributed by atoms with Crippen molar-refractivity contribution >= 4 is 7.60 Å². The molecule has 0 aliphatic carbocycles. The van der Waals surface area contributed by atoms with Crippen LogP contribution in [-0.2, 0) is 13.6 Å². The van der Waals surface area contributed by atoms with E-state index in [2.05, 4.69) is 0 Å². The molecule has 4 heteroatoms. The Morgan fingerprint density at radius 3 is 2.17 bits per heavy atom. The van der Waals surface area contributed by atoms with Crippen LogP contribution in [0, 0.1) is 5.92 Å². The highest BCUT2D eigenvalue weighted by Crippen LogP contribution is 2.47. The lowest BCUT2D eigenvalue weighted by atomic mass is 10.2. The van der Waals surface area contributed by atoms with E-state index in [0.717, 1.165) is 0 Å². The molecule has 0 N–H and O–H groups in total. The topological polar surface area (TPSA) is 35.5 Å². The molecule has 0 aliphatic heterocycles. The second kappa shape index (κ2) is 5.74. The van der Waals surface area contributed by atoms with Gasteiger partial charge in [0.25, 0.3) is 0 Å². The first-order valence-corrected chi connectivity index (χ1v) is 6.15. The highest BCUT2D eigenvalue weighted by Gasteiger charge is 2.20. The molecular weight excluding hydrogens is 175 g/mol. The fourth-order valence-electron chi connectivity index (χ4n) is 0.679. The Kier molecular flexibility index (Phi) is 5.81. The quantitative estimate of drug-likeness (QED) is 0.610. The molecule has 0 saturated carbocycles. The van der Waals surface area contributed by atoms with Crippen molar-refractivity contribution in [2.24, 2.45) is 5.92 Å². The molecule has 0 saturated heterocycles. The molecule has 1 unspecified atom stereocenters. The SMILES string of the molecule is CCOP(=O)(CC)OCC(C)C. The lowest BCUT2D eigenvalue weighted by molar-refractivity contribution is 0.194.